The summed E-state index contributed by atoms with van der Waals surface area (Å²) in [6, 6.07) is 2.86. The molecule has 2 aromatic heterocycles. The van der Waals surface area contributed by atoms with E-state index in [1.807, 2.05) is 0 Å². The molecule has 12 heavy (non-hydrogen) atoms. The topological polar surface area (TPSA) is 66.0 Å². The van der Waals surface area contributed by atoms with E-state index in [4.69, 9.17) is 5.11 Å². The van der Waals surface area contributed by atoms with Crippen LogP contribution in [0.2, 0.25) is 0 Å². The third-order valence-electron chi connectivity index (χ3n) is 1.58. The van der Waals surface area contributed by atoms with Gasteiger partial charge in [0.2, 0.25) is 5.43 Å². The molecule has 0 aliphatic carbocycles. The van der Waals surface area contributed by atoms with Crippen molar-refractivity contribution in [3.63, 3.8) is 0 Å². The Hall–Kier alpha value is -1.84. The summed E-state index contributed by atoms with van der Waals surface area (Å²) in [5, 5.41) is 9.04. The zero-order chi connectivity index (χ0) is 8.55. The Balaban J connectivity index is 2.96. The molecule has 60 valence electrons. The monoisotopic (exact) mass is 162 g/mol. The van der Waals surface area contributed by atoms with Gasteiger partial charge in [0.15, 0.2) is 0 Å². The van der Waals surface area contributed by atoms with Gasteiger partial charge in [-0.3, -0.25) is 4.79 Å². The van der Waals surface area contributed by atoms with Crippen molar-refractivity contribution in [2.45, 2.75) is 0 Å². The molecule has 0 atom stereocenters. The molecule has 0 aliphatic rings. The predicted molar refractivity (Wildman–Crippen MR) is 44.0 cm³/mol. The number of hydrogen-bond donors (Lipinski definition) is 2. The number of pyridine rings is 2. The van der Waals surface area contributed by atoms with Crippen LogP contribution in [0, 0.1) is 0 Å². The molecule has 0 amide bonds. The Morgan fingerprint density at radius 1 is 1.50 bits per heavy atom. The van der Waals surface area contributed by atoms with Crippen LogP contribution in [-0.4, -0.2) is 15.1 Å². The molecule has 0 aliphatic heterocycles. The van der Waals surface area contributed by atoms with Crippen LogP contribution >= 0.6 is 0 Å². The fourth-order valence-electron chi connectivity index (χ4n) is 1.05. The highest BCUT2D eigenvalue weighted by Crippen LogP contribution is 2.10. The molecule has 0 spiro atoms. The summed E-state index contributed by atoms with van der Waals surface area (Å²) >= 11 is 0. The maximum absolute atomic E-state index is 11.1. The van der Waals surface area contributed by atoms with Gasteiger partial charge in [-0.25, -0.2) is 4.98 Å². The number of nitrogens with one attached hydrogen (secondary N) is 1. The number of H-pyrrole nitrogens is 1. The van der Waals surface area contributed by atoms with Crippen LogP contribution < -0.4 is 5.43 Å². The maximum atomic E-state index is 11.1. The molecule has 0 fully saturated rings. The Morgan fingerprint density at radius 2 is 2.33 bits per heavy atom. The van der Waals surface area contributed by atoms with Crippen molar-refractivity contribution < 1.29 is 5.11 Å². The predicted octanol–water partition coefficient (Wildman–Crippen LogP) is 0.629. The number of rotatable bonds is 0. The van der Waals surface area contributed by atoms with Gasteiger partial charge in [0.05, 0.1) is 11.7 Å². The smallest absolute Gasteiger partial charge is 0.207 e. The molecule has 4 heteroatoms. The molecule has 0 aromatic carbocycles. The molecule has 0 saturated carbocycles. The van der Waals surface area contributed by atoms with E-state index in [1.54, 1.807) is 0 Å². The van der Waals surface area contributed by atoms with E-state index in [-0.39, 0.29) is 11.2 Å². The third kappa shape index (κ3) is 0.934. The van der Waals surface area contributed by atoms with Crippen LogP contribution in [0.5, 0.6) is 5.75 Å². The number of fused-ring (bicyclic) bond motifs is 1. The number of aromatic amines is 1. The molecule has 2 rings (SSSR count). The van der Waals surface area contributed by atoms with Crippen molar-refractivity contribution in [2.75, 3.05) is 0 Å². The number of aromatic hydroxyl groups is 1. The van der Waals surface area contributed by atoms with E-state index in [2.05, 4.69) is 9.97 Å². The molecule has 0 saturated heterocycles. The molecule has 0 radical (unpaired) electrons. The largest absolute Gasteiger partial charge is 0.506 e. The summed E-state index contributed by atoms with van der Waals surface area (Å²) in [5.41, 5.74) is 0.738. The lowest BCUT2D eigenvalue weighted by atomic mass is 10.3. The Bertz CT molecular complexity index is 476. The molecular formula is C8H6N2O2. The Kier molecular flexibility index (Phi) is 1.33. The van der Waals surface area contributed by atoms with Gasteiger partial charge < -0.3 is 10.1 Å². The number of hydrogen-bond acceptors (Lipinski definition) is 3. The van der Waals surface area contributed by atoms with Crippen LogP contribution in [0.1, 0.15) is 0 Å². The lowest BCUT2D eigenvalue weighted by Crippen LogP contribution is -2.01. The van der Waals surface area contributed by atoms with Crippen molar-refractivity contribution >= 4 is 11.0 Å². The van der Waals surface area contributed by atoms with Crippen molar-refractivity contribution in [3.05, 3.63) is 34.7 Å². The van der Waals surface area contributed by atoms with Crippen molar-refractivity contribution in [1.82, 2.24) is 9.97 Å². The fourth-order valence-corrected chi connectivity index (χ4v) is 1.05. The second kappa shape index (κ2) is 2.34. The normalized spacial score (nSPS) is 10.3. The Labute approximate surface area is 67.5 Å². The van der Waals surface area contributed by atoms with Gasteiger partial charge in [0.1, 0.15) is 11.3 Å². The Morgan fingerprint density at radius 3 is 3.17 bits per heavy atom. The molecule has 4 nitrogen and oxygen atoms in total. The van der Waals surface area contributed by atoms with Gasteiger partial charge >= 0.3 is 0 Å². The van der Waals surface area contributed by atoms with Crippen LogP contribution in [0.4, 0.5) is 0 Å². The first-order chi connectivity index (χ1) is 5.77. The quantitative estimate of drug-likeness (QED) is 0.597. The minimum atomic E-state index is -0.149. The SMILES string of the molecule is O=c1cc[nH]c2cc(O)cnc12. The highest BCUT2D eigenvalue weighted by atomic mass is 16.3. The highest BCUT2D eigenvalue weighted by molar-refractivity contribution is 5.74. The standard InChI is InChI=1S/C8H6N2O2/c11-5-3-6-8(10-4-5)7(12)1-2-9-6/h1-4,11H,(H,9,12). The van der Waals surface area contributed by atoms with E-state index < -0.39 is 0 Å². The van der Waals surface area contributed by atoms with E-state index in [0.29, 0.717) is 11.0 Å². The van der Waals surface area contributed by atoms with Crippen molar-refractivity contribution in [1.29, 1.82) is 0 Å². The van der Waals surface area contributed by atoms with Gasteiger partial charge in [-0.2, -0.15) is 0 Å². The van der Waals surface area contributed by atoms with E-state index >= 15 is 0 Å². The molecular weight excluding hydrogens is 156 g/mol. The summed E-state index contributed by atoms with van der Waals surface area (Å²) in [5.74, 6) is 0.0457. The zero-order valence-corrected chi connectivity index (χ0v) is 6.11. The van der Waals surface area contributed by atoms with E-state index in [9.17, 15) is 4.79 Å². The van der Waals surface area contributed by atoms with Gasteiger partial charge in [-0.1, -0.05) is 0 Å². The zero-order valence-electron chi connectivity index (χ0n) is 6.11. The highest BCUT2D eigenvalue weighted by Gasteiger charge is 1.98. The lowest BCUT2D eigenvalue weighted by molar-refractivity contribution is 0.473. The number of aromatic nitrogens is 2. The minimum absolute atomic E-state index is 0.0457. The lowest BCUT2D eigenvalue weighted by Gasteiger charge is -1.95. The average Bonchev–Trinajstić information content (AvgIpc) is 2.04. The summed E-state index contributed by atoms with van der Waals surface area (Å²) in [6.07, 6.45) is 2.77. The molecule has 2 heterocycles. The first-order valence-electron chi connectivity index (χ1n) is 3.44. The molecule has 0 unspecified atom stereocenters. The minimum Gasteiger partial charge on any atom is -0.506 e. The van der Waals surface area contributed by atoms with Crippen LogP contribution in [0.15, 0.2) is 29.3 Å². The second-order valence-corrected chi connectivity index (χ2v) is 2.43. The van der Waals surface area contributed by atoms with Crippen molar-refractivity contribution in [2.24, 2.45) is 0 Å². The molecule has 0 bridgehead atoms. The van der Waals surface area contributed by atoms with Gasteiger partial charge in [-0.15, -0.1) is 0 Å². The number of nitrogens with zero attached hydrogens (tertiary/aromatic N) is 1. The fraction of sp³-hybridized carbons (Fsp3) is 0. The van der Waals surface area contributed by atoms with Crippen LogP contribution in [0.25, 0.3) is 11.0 Å². The molecule has 2 N–H and O–H groups in total. The van der Waals surface area contributed by atoms with Gasteiger partial charge in [-0.05, 0) is 0 Å². The summed E-state index contributed by atoms with van der Waals surface area (Å²) in [7, 11) is 0. The molecule has 2 aromatic rings. The summed E-state index contributed by atoms with van der Waals surface area (Å²) < 4.78 is 0. The van der Waals surface area contributed by atoms with Gasteiger partial charge in [0, 0.05) is 18.3 Å². The third-order valence-corrected chi connectivity index (χ3v) is 1.58. The van der Waals surface area contributed by atoms with Gasteiger partial charge in [0.25, 0.3) is 0 Å². The van der Waals surface area contributed by atoms with E-state index in [1.165, 1.54) is 24.5 Å². The summed E-state index contributed by atoms with van der Waals surface area (Å²) in [6.45, 7) is 0. The first-order valence-corrected chi connectivity index (χ1v) is 3.44. The second-order valence-electron chi connectivity index (χ2n) is 2.43. The summed E-state index contributed by atoms with van der Waals surface area (Å²) in [4.78, 5) is 17.7. The van der Waals surface area contributed by atoms with Crippen LogP contribution in [-0.2, 0) is 0 Å². The van der Waals surface area contributed by atoms with Crippen LogP contribution in [0.3, 0.4) is 0 Å². The first kappa shape index (κ1) is 6.84. The average molecular weight is 162 g/mol. The van der Waals surface area contributed by atoms with Crippen molar-refractivity contribution in [3.8, 4) is 5.75 Å². The maximum Gasteiger partial charge on any atom is 0.207 e. The van der Waals surface area contributed by atoms with E-state index in [0.717, 1.165) is 0 Å².